The van der Waals surface area contributed by atoms with Crippen LogP contribution in [0.4, 0.5) is 0 Å². The van der Waals surface area contributed by atoms with E-state index < -0.39 is 0 Å². The average molecular weight is 295 g/mol. The predicted octanol–water partition coefficient (Wildman–Crippen LogP) is 7.47. The molecule has 0 radical (unpaired) electrons. The molecule has 3 fully saturated rings. The standard InChI is InChI=1S/C18H32.C2H6.CH4/c1-15(2)11-14-12-16(3)9-10-17(14,4)7-6-8-18(15,5)13-16;1-2;/h14H,6-13H2,1-5H3;1-2H3;1H4. The van der Waals surface area contributed by atoms with E-state index in [9.17, 15) is 0 Å². The number of fused-ring (bicyclic) bond motifs is 3. The summed E-state index contributed by atoms with van der Waals surface area (Å²) in [6.07, 6.45) is 11.9. The summed E-state index contributed by atoms with van der Waals surface area (Å²) in [6.45, 7) is 17.0. The molecule has 0 aliphatic heterocycles. The van der Waals surface area contributed by atoms with Gasteiger partial charge in [0.05, 0.1) is 0 Å². The molecule has 4 atom stereocenters. The van der Waals surface area contributed by atoms with Crippen molar-refractivity contribution < 1.29 is 0 Å². The summed E-state index contributed by atoms with van der Waals surface area (Å²) in [4.78, 5) is 0. The van der Waals surface area contributed by atoms with Crippen LogP contribution in [0.1, 0.15) is 107 Å². The first kappa shape index (κ1) is 19.0. The summed E-state index contributed by atoms with van der Waals surface area (Å²) < 4.78 is 0. The van der Waals surface area contributed by atoms with Crippen LogP contribution in [0.5, 0.6) is 0 Å². The molecule has 3 saturated carbocycles. The average Bonchev–Trinajstić information content (AvgIpc) is 2.39. The van der Waals surface area contributed by atoms with Crippen molar-refractivity contribution in [2.24, 2.45) is 27.6 Å². The van der Waals surface area contributed by atoms with Crippen molar-refractivity contribution in [2.75, 3.05) is 0 Å². The van der Waals surface area contributed by atoms with E-state index in [0.29, 0.717) is 21.7 Å². The molecular weight excluding hydrogens is 252 g/mol. The number of hydrogen-bond acceptors (Lipinski definition) is 0. The van der Waals surface area contributed by atoms with Crippen LogP contribution in [0.15, 0.2) is 0 Å². The SMILES string of the molecule is C.CC.CC12CCC3(C)CCCC(C)(C1)C(C)(C)CC3C2. The fourth-order valence-corrected chi connectivity index (χ4v) is 5.90. The lowest BCUT2D eigenvalue weighted by atomic mass is 9.55. The fourth-order valence-electron chi connectivity index (χ4n) is 5.90. The van der Waals surface area contributed by atoms with Gasteiger partial charge >= 0.3 is 0 Å². The third-order valence-corrected chi connectivity index (χ3v) is 7.71. The molecule has 0 saturated heterocycles. The molecule has 0 amide bonds. The topological polar surface area (TPSA) is 0 Å². The van der Waals surface area contributed by atoms with Crippen molar-refractivity contribution in [3.63, 3.8) is 0 Å². The van der Waals surface area contributed by atoms with Crippen molar-refractivity contribution >= 4 is 0 Å². The maximum absolute atomic E-state index is 2.61. The lowest BCUT2D eigenvalue weighted by Crippen LogP contribution is -2.40. The molecule has 0 spiro atoms. The first-order chi connectivity index (χ1) is 9.18. The van der Waals surface area contributed by atoms with E-state index in [0.717, 1.165) is 5.92 Å². The third kappa shape index (κ3) is 3.06. The van der Waals surface area contributed by atoms with Crippen molar-refractivity contribution in [1.29, 1.82) is 0 Å². The van der Waals surface area contributed by atoms with E-state index >= 15 is 0 Å². The quantitative estimate of drug-likeness (QED) is 0.434. The van der Waals surface area contributed by atoms with E-state index in [-0.39, 0.29) is 7.43 Å². The lowest BCUT2D eigenvalue weighted by Gasteiger charge is -2.50. The van der Waals surface area contributed by atoms with Crippen molar-refractivity contribution in [2.45, 2.75) is 107 Å². The molecule has 0 heterocycles. The van der Waals surface area contributed by atoms with Gasteiger partial charge in [-0.05, 0) is 72.5 Å². The zero-order chi connectivity index (χ0) is 15.2. The molecule has 4 unspecified atom stereocenters. The molecule has 0 N–H and O–H groups in total. The molecule has 0 nitrogen and oxygen atoms in total. The lowest BCUT2D eigenvalue weighted by molar-refractivity contribution is 0.00295. The maximum Gasteiger partial charge on any atom is -0.0269 e. The smallest absolute Gasteiger partial charge is 0.0269 e. The molecule has 0 heteroatoms. The fraction of sp³-hybridized carbons (Fsp3) is 1.00. The highest BCUT2D eigenvalue weighted by Crippen LogP contribution is 2.67. The highest BCUT2D eigenvalue weighted by molar-refractivity contribution is 5.07. The molecule has 0 aromatic carbocycles. The zero-order valence-corrected chi connectivity index (χ0v) is 15.2. The molecule has 3 bridgehead atoms. The van der Waals surface area contributed by atoms with Gasteiger partial charge < -0.3 is 0 Å². The Labute approximate surface area is 135 Å². The van der Waals surface area contributed by atoms with Crippen molar-refractivity contribution in [3.8, 4) is 0 Å². The second-order valence-electron chi connectivity index (χ2n) is 9.54. The highest BCUT2D eigenvalue weighted by Gasteiger charge is 2.56. The summed E-state index contributed by atoms with van der Waals surface area (Å²) in [5.41, 5.74) is 2.45. The Balaban J connectivity index is 0.000000706. The summed E-state index contributed by atoms with van der Waals surface area (Å²) in [7, 11) is 0. The highest BCUT2D eigenvalue weighted by atomic mass is 14.6. The van der Waals surface area contributed by atoms with Crippen LogP contribution in [-0.4, -0.2) is 0 Å². The summed E-state index contributed by atoms with van der Waals surface area (Å²) >= 11 is 0. The van der Waals surface area contributed by atoms with Crippen LogP contribution >= 0.6 is 0 Å². The van der Waals surface area contributed by atoms with Crippen molar-refractivity contribution in [1.82, 2.24) is 0 Å². The van der Waals surface area contributed by atoms with E-state index in [1.165, 1.54) is 51.4 Å². The first-order valence-corrected chi connectivity index (χ1v) is 9.18. The van der Waals surface area contributed by atoms with Gasteiger partial charge in [-0.15, -0.1) is 0 Å². The Kier molecular flexibility index (Phi) is 5.35. The second-order valence-corrected chi connectivity index (χ2v) is 9.54. The molecule has 3 aliphatic rings. The van der Waals surface area contributed by atoms with Crippen LogP contribution < -0.4 is 0 Å². The van der Waals surface area contributed by atoms with Crippen LogP contribution in [0.2, 0.25) is 0 Å². The van der Waals surface area contributed by atoms with Crippen LogP contribution in [-0.2, 0) is 0 Å². The largest absolute Gasteiger partial charge is 0.0776 e. The monoisotopic (exact) mass is 294 g/mol. The van der Waals surface area contributed by atoms with Gasteiger partial charge in [0.2, 0.25) is 0 Å². The Morgan fingerprint density at radius 3 is 2.00 bits per heavy atom. The van der Waals surface area contributed by atoms with Gasteiger partial charge in [-0.2, -0.15) is 0 Å². The zero-order valence-electron chi connectivity index (χ0n) is 15.2. The number of rotatable bonds is 0. The van der Waals surface area contributed by atoms with Crippen LogP contribution in [0.25, 0.3) is 0 Å². The maximum atomic E-state index is 2.61. The van der Waals surface area contributed by atoms with E-state index in [1.54, 1.807) is 0 Å². The Morgan fingerprint density at radius 2 is 1.38 bits per heavy atom. The minimum absolute atomic E-state index is 0. The van der Waals surface area contributed by atoms with E-state index in [1.807, 2.05) is 13.8 Å². The molecule has 3 aliphatic carbocycles. The minimum Gasteiger partial charge on any atom is -0.0776 e. The van der Waals surface area contributed by atoms with Gasteiger partial charge in [0.25, 0.3) is 0 Å². The third-order valence-electron chi connectivity index (χ3n) is 7.71. The van der Waals surface area contributed by atoms with Gasteiger partial charge in [-0.25, -0.2) is 0 Å². The number of hydrogen-bond donors (Lipinski definition) is 0. The second kappa shape index (κ2) is 5.89. The first-order valence-electron chi connectivity index (χ1n) is 9.18. The molecule has 21 heavy (non-hydrogen) atoms. The van der Waals surface area contributed by atoms with Crippen LogP contribution in [0, 0.1) is 27.6 Å². The summed E-state index contributed by atoms with van der Waals surface area (Å²) in [6, 6.07) is 0. The van der Waals surface area contributed by atoms with E-state index in [4.69, 9.17) is 0 Å². The Hall–Kier alpha value is 0. The van der Waals surface area contributed by atoms with Gasteiger partial charge in [0.15, 0.2) is 0 Å². The summed E-state index contributed by atoms with van der Waals surface area (Å²) in [5.74, 6) is 0.994. The predicted molar refractivity (Wildman–Crippen MR) is 96.6 cm³/mol. The van der Waals surface area contributed by atoms with Gasteiger partial charge in [-0.1, -0.05) is 62.3 Å². The van der Waals surface area contributed by atoms with Crippen molar-refractivity contribution in [3.05, 3.63) is 0 Å². The Morgan fingerprint density at radius 1 is 0.762 bits per heavy atom. The Bertz CT molecular complexity index is 355. The molecule has 3 rings (SSSR count). The van der Waals surface area contributed by atoms with Crippen LogP contribution in [0.3, 0.4) is 0 Å². The van der Waals surface area contributed by atoms with Gasteiger partial charge in [-0.3, -0.25) is 0 Å². The summed E-state index contributed by atoms with van der Waals surface area (Å²) in [5, 5.41) is 0. The normalized spacial score (nSPS) is 47.3. The van der Waals surface area contributed by atoms with Gasteiger partial charge in [0.1, 0.15) is 0 Å². The molecular formula is C21H42. The molecule has 0 aromatic rings. The molecule has 126 valence electrons. The minimum atomic E-state index is 0. The van der Waals surface area contributed by atoms with Gasteiger partial charge in [0, 0.05) is 0 Å². The van der Waals surface area contributed by atoms with E-state index in [2.05, 4.69) is 34.6 Å². The molecule has 0 aromatic heterocycles.